The van der Waals surface area contributed by atoms with E-state index in [1.165, 1.54) is 0 Å². The van der Waals surface area contributed by atoms with Crippen molar-refractivity contribution in [2.75, 3.05) is 26.2 Å². The first-order valence-electron chi connectivity index (χ1n) is 5.25. The van der Waals surface area contributed by atoms with Crippen LogP contribution in [-0.4, -0.2) is 53.3 Å². The van der Waals surface area contributed by atoms with Crippen LogP contribution in [0.2, 0.25) is 0 Å². The van der Waals surface area contributed by atoms with Gasteiger partial charge in [0.15, 0.2) is 0 Å². The van der Waals surface area contributed by atoms with Gasteiger partial charge in [-0.3, -0.25) is 9.59 Å². The lowest BCUT2D eigenvalue weighted by atomic mass is 10.0. The molecule has 1 aliphatic rings. The average Bonchev–Trinajstić information content (AvgIpc) is 2.21. The third-order valence-corrected chi connectivity index (χ3v) is 2.92. The molecule has 0 unspecified atom stereocenters. The SMILES string of the molecule is CCN1CCN(C(C)(C)CN)C(=O)C1=O. The van der Waals surface area contributed by atoms with Crippen LogP contribution in [0.1, 0.15) is 20.8 Å². The molecule has 15 heavy (non-hydrogen) atoms. The van der Waals surface area contributed by atoms with Crippen LogP contribution in [0.5, 0.6) is 0 Å². The van der Waals surface area contributed by atoms with Crippen molar-refractivity contribution in [2.24, 2.45) is 5.73 Å². The predicted octanol–water partition coefficient (Wildman–Crippen LogP) is -0.586. The minimum atomic E-state index is -0.438. The van der Waals surface area contributed by atoms with E-state index in [-0.39, 0.29) is 0 Å². The Labute approximate surface area is 90.2 Å². The molecule has 0 radical (unpaired) electrons. The number of amides is 2. The Bertz CT molecular complexity index is 276. The number of hydrogen-bond donors (Lipinski definition) is 1. The van der Waals surface area contributed by atoms with E-state index in [1.807, 2.05) is 20.8 Å². The van der Waals surface area contributed by atoms with Crippen LogP contribution in [0.4, 0.5) is 0 Å². The monoisotopic (exact) mass is 213 g/mol. The zero-order valence-corrected chi connectivity index (χ0v) is 9.62. The van der Waals surface area contributed by atoms with Gasteiger partial charge in [0.25, 0.3) is 0 Å². The van der Waals surface area contributed by atoms with Crippen molar-refractivity contribution >= 4 is 11.8 Å². The summed E-state index contributed by atoms with van der Waals surface area (Å²) < 4.78 is 0. The first-order valence-corrected chi connectivity index (χ1v) is 5.25. The van der Waals surface area contributed by atoms with Crippen LogP contribution in [0.3, 0.4) is 0 Å². The molecule has 0 atom stereocenters. The van der Waals surface area contributed by atoms with Crippen molar-refractivity contribution in [3.05, 3.63) is 0 Å². The van der Waals surface area contributed by atoms with E-state index in [2.05, 4.69) is 0 Å². The highest BCUT2D eigenvalue weighted by atomic mass is 16.2. The number of nitrogens with two attached hydrogens (primary N) is 1. The average molecular weight is 213 g/mol. The molecule has 86 valence electrons. The molecule has 0 aromatic rings. The largest absolute Gasteiger partial charge is 0.333 e. The molecule has 5 heteroatoms. The highest BCUT2D eigenvalue weighted by Crippen LogP contribution is 2.17. The number of hydrogen-bond acceptors (Lipinski definition) is 3. The van der Waals surface area contributed by atoms with Crippen LogP contribution < -0.4 is 5.73 Å². The fraction of sp³-hybridized carbons (Fsp3) is 0.800. The van der Waals surface area contributed by atoms with Crippen molar-refractivity contribution < 1.29 is 9.59 Å². The van der Waals surface area contributed by atoms with Gasteiger partial charge < -0.3 is 15.5 Å². The highest BCUT2D eigenvalue weighted by molar-refractivity contribution is 6.35. The molecular weight excluding hydrogens is 194 g/mol. The Morgan fingerprint density at radius 2 is 1.87 bits per heavy atom. The topological polar surface area (TPSA) is 66.6 Å². The van der Waals surface area contributed by atoms with Crippen molar-refractivity contribution in [2.45, 2.75) is 26.3 Å². The van der Waals surface area contributed by atoms with Crippen LogP contribution in [0.25, 0.3) is 0 Å². The van der Waals surface area contributed by atoms with Gasteiger partial charge in [-0.15, -0.1) is 0 Å². The summed E-state index contributed by atoms with van der Waals surface area (Å²) in [5.41, 5.74) is 5.16. The Hall–Kier alpha value is -1.10. The Balaban J connectivity index is 2.82. The molecule has 0 aromatic heterocycles. The fourth-order valence-electron chi connectivity index (χ4n) is 1.66. The van der Waals surface area contributed by atoms with E-state index in [4.69, 9.17) is 5.73 Å². The molecule has 0 aliphatic carbocycles. The first kappa shape index (κ1) is 12.0. The Kier molecular flexibility index (Phi) is 3.34. The van der Waals surface area contributed by atoms with Crippen LogP contribution >= 0.6 is 0 Å². The molecule has 5 nitrogen and oxygen atoms in total. The van der Waals surface area contributed by atoms with Crippen molar-refractivity contribution in [3.63, 3.8) is 0 Å². The normalized spacial score (nSPS) is 18.7. The summed E-state index contributed by atoms with van der Waals surface area (Å²) in [6.45, 7) is 7.74. The van der Waals surface area contributed by atoms with Crippen LogP contribution in [-0.2, 0) is 9.59 Å². The van der Waals surface area contributed by atoms with E-state index in [1.54, 1.807) is 9.80 Å². The predicted molar refractivity (Wildman–Crippen MR) is 57.1 cm³/mol. The lowest BCUT2D eigenvalue weighted by Crippen LogP contribution is -2.62. The van der Waals surface area contributed by atoms with E-state index in [0.717, 1.165) is 0 Å². The smallest absolute Gasteiger partial charge is 0.312 e. The quantitative estimate of drug-likeness (QED) is 0.637. The first-order chi connectivity index (χ1) is 6.94. The molecule has 1 heterocycles. The van der Waals surface area contributed by atoms with E-state index < -0.39 is 17.4 Å². The molecule has 1 rings (SSSR count). The van der Waals surface area contributed by atoms with Crippen LogP contribution in [0, 0.1) is 0 Å². The van der Waals surface area contributed by atoms with E-state index in [0.29, 0.717) is 26.2 Å². The third kappa shape index (κ3) is 2.12. The van der Waals surface area contributed by atoms with Gasteiger partial charge in [-0.05, 0) is 20.8 Å². The summed E-state index contributed by atoms with van der Waals surface area (Å²) in [5.74, 6) is -0.844. The Morgan fingerprint density at radius 1 is 1.27 bits per heavy atom. The molecule has 2 N–H and O–H groups in total. The Morgan fingerprint density at radius 3 is 2.33 bits per heavy atom. The summed E-state index contributed by atoms with van der Waals surface area (Å²) in [5, 5.41) is 0. The second-order valence-corrected chi connectivity index (χ2v) is 4.36. The lowest BCUT2D eigenvalue weighted by molar-refractivity contribution is -0.159. The van der Waals surface area contributed by atoms with Gasteiger partial charge in [0.2, 0.25) is 0 Å². The number of carbonyl (C=O) groups excluding carboxylic acids is 2. The van der Waals surface area contributed by atoms with E-state index >= 15 is 0 Å². The molecule has 1 saturated heterocycles. The van der Waals surface area contributed by atoms with Crippen molar-refractivity contribution in [1.29, 1.82) is 0 Å². The highest BCUT2D eigenvalue weighted by Gasteiger charge is 2.38. The van der Waals surface area contributed by atoms with Gasteiger partial charge in [-0.25, -0.2) is 0 Å². The van der Waals surface area contributed by atoms with Crippen LogP contribution in [0.15, 0.2) is 0 Å². The number of nitrogens with zero attached hydrogens (tertiary/aromatic N) is 2. The van der Waals surface area contributed by atoms with Gasteiger partial charge in [-0.2, -0.15) is 0 Å². The zero-order chi connectivity index (χ0) is 11.6. The van der Waals surface area contributed by atoms with Gasteiger partial charge in [-0.1, -0.05) is 0 Å². The van der Waals surface area contributed by atoms with E-state index in [9.17, 15) is 9.59 Å². The number of likely N-dealkylation sites (N-methyl/N-ethyl adjacent to an activating group) is 1. The van der Waals surface area contributed by atoms with Gasteiger partial charge in [0, 0.05) is 26.2 Å². The van der Waals surface area contributed by atoms with Crippen molar-refractivity contribution in [3.8, 4) is 0 Å². The summed E-state index contributed by atoms with van der Waals surface area (Å²) in [6, 6.07) is 0. The molecule has 0 saturated carbocycles. The number of rotatable bonds is 3. The van der Waals surface area contributed by atoms with Gasteiger partial charge in [0.05, 0.1) is 5.54 Å². The number of carbonyl (C=O) groups is 2. The summed E-state index contributed by atoms with van der Waals surface area (Å²) >= 11 is 0. The summed E-state index contributed by atoms with van der Waals surface area (Å²) in [4.78, 5) is 26.5. The minimum absolute atomic E-state index is 0.359. The molecule has 1 aliphatic heterocycles. The lowest BCUT2D eigenvalue weighted by Gasteiger charge is -2.42. The molecule has 0 aromatic carbocycles. The molecule has 2 amide bonds. The second kappa shape index (κ2) is 4.18. The zero-order valence-electron chi connectivity index (χ0n) is 9.62. The van der Waals surface area contributed by atoms with Crippen molar-refractivity contribution in [1.82, 2.24) is 9.80 Å². The second-order valence-electron chi connectivity index (χ2n) is 4.36. The minimum Gasteiger partial charge on any atom is -0.333 e. The molecule has 0 spiro atoms. The maximum atomic E-state index is 11.8. The number of piperazine rings is 1. The fourth-order valence-corrected chi connectivity index (χ4v) is 1.66. The summed E-state index contributed by atoms with van der Waals surface area (Å²) in [7, 11) is 0. The standard InChI is InChI=1S/C10H19N3O2/c1-4-12-5-6-13(9(15)8(12)14)10(2,3)7-11/h4-7,11H2,1-3H3. The summed E-state index contributed by atoms with van der Waals surface area (Å²) in [6.07, 6.45) is 0. The molecule has 0 bridgehead atoms. The maximum Gasteiger partial charge on any atom is 0.312 e. The van der Waals surface area contributed by atoms with Gasteiger partial charge >= 0.3 is 11.8 Å². The molecular formula is C10H19N3O2. The maximum absolute atomic E-state index is 11.8. The molecule has 1 fully saturated rings. The third-order valence-electron chi connectivity index (χ3n) is 2.92. The van der Waals surface area contributed by atoms with Gasteiger partial charge in [0.1, 0.15) is 0 Å².